The highest BCUT2D eigenvalue weighted by molar-refractivity contribution is 5.15. The van der Waals surface area contributed by atoms with Crippen LogP contribution in [0.15, 0.2) is 18.3 Å². The third-order valence-electron chi connectivity index (χ3n) is 1.43. The zero-order valence-corrected chi connectivity index (χ0v) is 7.65. The lowest BCUT2D eigenvalue weighted by Gasteiger charge is -2.05. The van der Waals surface area contributed by atoms with E-state index in [4.69, 9.17) is 14.6 Å². The highest BCUT2D eigenvalue weighted by Crippen LogP contribution is 2.07. The normalized spacial score (nSPS) is 10.1. The molecule has 0 unspecified atom stereocenters. The van der Waals surface area contributed by atoms with Crippen LogP contribution in [0.2, 0.25) is 0 Å². The quantitative estimate of drug-likeness (QED) is 0.541. The van der Waals surface area contributed by atoms with Crippen LogP contribution in [0.25, 0.3) is 0 Å². The van der Waals surface area contributed by atoms with E-state index < -0.39 is 5.95 Å². The van der Waals surface area contributed by atoms with Gasteiger partial charge in [-0.05, 0) is 12.1 Å². The molecule has 0 amide bonds. The molecule has 0 aromatic carbocycles. The number of rotatable bonds is 6. The molecular weight excluding hydrogens is 189 g/mol. The molecule has 0 spiro atoms. The Balaban J connectivity index is 2.15. The monoisotopic (exact) mass is 201 g/mol. The van der Waals surface area contributed by atoms with Gasteiger partial charge in [0.1, 0.15) is 12.4 Å². The second-order valence-electron chi connectivity index (χ2n) is 2.50. The summed E-state index contributed by atoms with van der Waals surface area (Å²) < 4.78 is 22.5. The van der Waals surface area contributed by atoms with E-state index in [1.807, 2.05) is 0 Å². The van der Waals surface area contributed by atoms with Crippen molar-refractivity contribution in [1.82, 2.24) is 4.98 Å². The molecule has 0 fully saturated rings. The SMILES string of the molecule is OCCOCCOc1ccc(F)nc1. The van der Waals surface area contributed by atoms with Crippen molar-refractivity contribution in [3.63, 3.8) is 0 Å². The van der Waals surface area contributed by atoms with Crippen molar-refractivity contribution in [3.05, 3.63) is 24.3 Å². The van der Waals surface area contributed by atoms with Crippen LogP contribution in [0.4, 0.5) is 4.39 Å². The minimum Gasteiger partial charge on any atom is -0.490 e. The number of ether oxygens (including phenoxy) is 2. The van der Waals surface area contributed by atoms with E-state index in [0.717, 1.165) is 0 Å². The molecule has 0 saturated heterocycles. The van der Waals surface area contributed by atoms with E-state index in [-0.39, 0.29) is 6.61 Å². The highest BCUT2D eigenvalue weighted by atomic mass is 19.1. The number of nitrogens with zero attached hydrogens (tertiary/aromatic N) is 1. The lowest BCUT2D eigenvalue weighted by atomic mass is 10.4. The van der Waals surface area contributed by atoms with E-state index >= 15 is 0 Å². The molecule has 0 bridgehead atoms. The van der Waals surface area contributed by atoms with Crippen molar-refractivity contribution in [2.45, 2.75) is 0 Å². The average Bonchev–Trinajstić information content (AvgIpc) is 2.21. The summed E-state index contributed by atoms with van der Waals surface area (Å²) in [4.78, 5) is 3.42. The molecular formula is C9H12FNO3. The van der Waals surface area contributed by atoms with Crippen molar-refractivity contribution in [2.24, 2.45) is 0 Å². The highest BCUT2D eigenvalue weighted by Gasteiger charge is 1.95. The number of pyridine rings is 1. The third kappa shape index (κ3) is 4.15. The maximum Gasteiger partial charge on any atom is 0.213 e. The summed E-state index contributed by atoms with van der Waals surface area (Å²) in [5.41, 5.74) is 0. The molecule has 1 rings (SSSR count). The Kier molecular flexibility index (Phi) is 4.88. The molecule has 0 saturated carbocycles. The van der Waals surface area contributed by atoms with Crippen molar-refractivity contribution in [1.29, 1.82) is 0 Å². The van der Waals surface area contributed by atoms with E-state index in [1.54, 1.807) is 0 Å². The number of halogens is 1. The second kappa shape index (κ2) is 6.28. The molecule has 0 aliphatic heterocycles. The van der Waals surface area contributed by atoms with E-state index in [0.29, 0.717) is 25.6 Å². The first-order valence-electron chi connectivity index (χ1n) is 4.26. The Bertz CT molecular complexity index is 253. The summed E-state index contributed by atoms with van der Waals surface area (Å²) in [5.74, 6) is -0.0344. The summed E-state index contributed by atoms with van der Waals surface area (Å²) in [6, 6.07) is 2.72. The van der Waals surface area contributed by atoms with Gasteiger partial charge in [0.25, 0.3) is 0 Å². The number of aliphatic hydroxyl groups excluding tert-OH is 1. The molecule has 0 atom stereocenters. The van der Waals surface area contributed by atoms with E-state index in [1.165, 1.54) is 18.3 Å². The van der Waals surface area contributed by atoms with Crippen LogP contribution in [0, 0.1) is 5.95 Å². The van der Waals surface area contributed by atoms with Crippen LogP contribution in [0.3, 0.4) is 0 Å². The zero-order valence-electron chi connectivity index (χ0n) is 7.65. The molecule has 0 aliphatic carbocycles. The molecule has 0 radical (unpaired) electrons. The van der Waals surface area contributed by atoms with Gasteiger partial charge in [0.05, 0.1) is 26.0 Å². The maximum absolute atomic E-state index is 12.4. The minimum absolute atomic E-state index is 0.00188. The summed E-state index contributed by atoms with van der Waals surface area (Å²) in [7, 11) is 0. The Morgan fingerprint density at radius 3 is 2.79 bits per heavy atom. The second-order valence-corrected chi connectivity index (χ2v) is 2.50. The number of aliphatic hydroxyl groups is 1. The van der Waals surface area contributed by atoms with Crippen LogP contribution in [0.1, 0.15) is 0 Å². The topological polar surface area (TPSA) is 51.6 Å². The fourth-order valence-electron chi connectivity index (χ4n) is 0.833. The smallest absolute Gasteiger partial charge is 0.213 e. The summed E-state index contributed by atoms with van der Waals surface area (Å²) in [5, 5.41) is 8.40. The van der Waals surface area contributed by atoms with Gasteiger partial charge in [0.15, 0.2) is 0 Å². The minimum atomic E-state index is -0.533. The first kappa shape index (κ1) is 10.9. The van der Waals surface area contributed by atoms with Crippen LogP contribution >= 0.6 is 0 Å². The standard InChI is InChI=1S/C9H12FNO3/c10-9-2-1-8(7-11-9)14-6-5-13-4-3-12/h1-2,7,12H,3-6H2. The fourth-order valence-corrected chi connectivity index (χ4v) is 0.833. The van der Waals surface area contributed by atoms with Gasteiger partial charge >= 0.3 is 0 Å². The zero-order chi connectivity index (χ0) is 10.2. The van der Waals surface area contributed by atoms with Crippen LogP contribution in [-0.4, -0.2) is 36.5 Å². The van der Waals surface area contributed by atoms with Gasteiger partial charge < -0.3 is 14.6 Å². The Morgan fingerprint density at radius 2 is 2.14 bits per heavy atom. The molecule has 1 N–H and O–H groups in total. The van der Waals surface area contributed by atoms with Crippen molar-refractivity contribution in [2.75, 3.05) is 26.4 Å². The van der Waals surface area contributed by atoms with Gasteiger partial charge in [-0.2, -0.15) is 4.39 Å². The molecule has 0 aliphatic rings. The Labute approximate surface area is 81.3 Å². The number of hydrogen-bond acceptors (Lipinski definition) is 4. The van der Waals surface area contributed by atoms with Gasteiger partial charge in [0.2, 0.25) is 5.95 Å². The predicted molar refractivity (Wildman–Crippen MR) is 47.6 cm³/mol. The van der Waals surface area contributed by atoms with E-state index in [9.17, 15) is 4.39 Å². The van der Waals surface area contributed by atoms with Crippen LogP contribution in [-0.2, 0) is 4.74 Å². The summed E-state index contributed by atoms with van der Waals surface area (Å²) in [6.45, 7) is 1.04. The molecule has 1 aromatic heterocycles. The lowest BCUT2D eigenvalue weighted by molar-refractivity contribution is 0.0704. The van der Waals surface area contributed by atoms with Crippen molar-refractivity contribution < 1.29 is 19.0 Å². The average molecular weight is 201 g/mol. The van der Waals surface area contributed by atoms with Gasteiger partial charge in [-0.3, -0.25) is 0 Å². The first-order valence-corrected chi connectivity index (χ1v) is 4.26. The molecule has 14 heavy (non-hydrogen) atoms. The van der Waals surface area contributed by atoms with Crippen LogP contribution in [0.5, 0.6) is 5.75 Å². The first-order chi connectivity index (χ1) is 6.83. The lowest BCUT2D eigenvalue weighted by Crippen LogP contribution is -2.09. The van der Waals surface area contributed by atoms with Crippen molar-refractivity contribution >= 4 is 0 Å². The maximum atomic E-state index is 12.4. The summed E-state index contributed by atoms with van der Waals surface area (Å²) >= 11 is 0. The van der Waals surface area contributed by atoms with Gasteiger partial charge in [-0.1, -0.05) is 0 Å². The number of hydrogen-bond donors (Lipinski definition) is 1. The molecule has 4 nitrogen and oxygen atoms in total. The molecule has 1 heterocycles. The van der Waals surface area contributed by atoms with Gasteiger partial charge in [-0.15, -0.1) is 0 Å². The predicted octanol–water partition coefficient (Wildman–Crippen LogP) is 0.608. The molecule has 78 valence electrons. The van der Waals surface area contributed by atoms with Crippen molar-refractivity contribution in [3.8, 4) is 5.75 Å². The van der Waals surface area contributed by atoms with Gasteiger partial charge in [-0.25, -0.2) is 4.98 Å². The Hall–Kier alpha value is -1.20. The third-order valence-corrected chi connectivity index (χ3v) is 1.43. The number of aromatic nitrogens is 1. The summed E-state index contributed by atoms with van der Waals surface area (Å²) in [6.07, 6.45) is 1.31. The molecule has 1 aromatic rings. The van der Waals surface area contributed by atoms with Gasteiger partial charge in [0, 0.05) is 0 Å². The van der Waals surface area contributed by atoms with Crippen LogP contribution < -0.4 is 4.74 Å². The largest absolute Gasteiger partial charge is 0.490 e. The fraction of sp³-hybridized carbons (Fsp3) is 0.444. The van der Waals surface area contributed by atoms with E-state index in [2.05, 4.69) is 4.98 Å². The molecule has 5 heteroatoms. The Morgan fingerprint density at radius 1 is 1.29 bits per heavy atom.